The van der Waals surface area contributed by atoms with Crippen molar-refractivity contribution in [3.05, 3.63) is 4.91 Å². The van der Waals surface area contributed by atoms with Gasteiger partial charge in [0.05, 0.1) is 11.9 Å². The number of hydrogen-bond donors (Lipinski definition) is 5. The molecule has 10 nitrogen and oxygen atoms in total. The molecule has 104 valence electrons. The van der Waals surface area contributed by atoms with E-state index in [9.17, 15) is 25.0 Å². The van der Waals surface area contributed by atoms with E-state index in [0.717, 1.165) is 7.05 Å². The number of aliphatic hydroxyl groups is 4. The van der Waals surface area contributed by atoms with Crippen molar-refractivity contribution in [2.75, 3.05) is 13.7 Å². The number of hydrogen-bond acceptors (Lipinski definition) is 8. The molecule has 0 aromatic carbocycles. The predicted octanol–water partition coefficient (Wildman–Crippen LogP) is -2.89. The molecule has 18 heavy (non-hydrogen) atoms. The monoisotopic (exact) mass is 265 g/mol. The van der Waals surface area contributed by atoms with Gasteiger partial charge in [-0.3, -0.25) is 0 Å². The molecule has 1 aliphatic rings. The van der Waals surface area contributed by atoms with Gasteiger partial charge in [0, 0.05) is 7.05 Å². The number of aliphatic hydroxyl groups excluding tert-OH is 4. The van der Waals surface area contributed by atoms with Gasteiger partial charge in [-0.25, -0.2) is 4.79 Å². The van der Waals surface area contributed by atoms with E-state index in [-0.39, 0.29) is 0 Å². The van der Waals surface area contributed by atoms with E-state index in [4.69, 9.17) is 9.84 Å². The molecule has 1 heterocycles. The highest BCUT2D eigenvalue weighted by molar-refractivity contribution is 5.73. The molecule has 5 N–H and O–H groups in total. The minimum absolute atomic E-state index is 0.407. The topological polar surface area (TPSA) is 152 Å². The van der Waals surface area contributed by atoms with E-state index < -0.39 is 43.3 Å². The van der Waals surface area contributed by atoms with Crippen LogP contribution in [0.15, 0.2) is 5.29 Å². The van der Waals surface area contributed by atoms with Crippen LogP contribution in [0.4, 0.5) is 4.79 Å². The predicted molar refractivity (Wildman–Crippen MR) is 55.9 cm³/mol. The summed E-state index contributed by atoms with van der Waals surface area (Å²) in [6.07, 6.45) is -5.84. The second kappa shape index (κ2) is 6.02. The molecule has 0 radical (unpaired) electrons. The van der Waals surface area contributed by atoms with Crippen molar-refractivity contribution >= 4 is 6.03 Å². The van der Waals surface area contributed by atoms with Crippen molar-refractivity contribution in [1.82, 2.24) is 10.3 Å². The lowest BCUT2D eigenvalue weighted by atomic mass is 9.97. The average Bonchev–Trinajstić information content (AvgIpc) is 2.37. The fourth-order valence-corrected chi connectivity index (χ4v) is 1.53. The lowest BCUT2D eigenvalue weighted by Gasteiger charge is -2.40. The number of nitroso groups, excluding NO2 is 1. The zero-order chi connectivity index (χ0) is 13.9. The largest absolute Gasteiger partial charge is 0.394 e. The summed E-state index contributed by atoms with van der Waals surface area (Å²) in [7, 11) is 1.07. The van der Waals surface area contributed by atoms with Gasteiger partial charge in [-0.05, 0) is 0 Å². The summed E-state index contributed by atoms with van der Waals surface area (Å²) >= 11 is 0. The van der Waals surface area contributed by atoms with Crippen molar-refractivity contribution < 1.29 is 30.0 Å². The highest BCUT2D eigenvalue weighted by Gasteiger charge is 2.44. The van der Waals surface area contributed by atoms with Crippen LogP contribution in [-0.4, -0.2) is 75.8 Å². The molecule has 5 unspecified atom stereocenters. The molecule has 0 bridgehead atoms. The third-order valence-corrected chi connectivity index (χ3v) is 2.61. The minimum atomic E-state index is -1.63. The molecule has 0 saturated carbocycles. The summed E-state index contributed by atoms with van der Waals surface area (Å²) in [6.45, 7) is -0.605. The molecule has 0 aromatic rings. The molecule has 1 fully saturated rings. The Bertz CT molecular complexity index is 315. The Hall–Kier alpha value is -1.33. The first-order valence-electron chi connectivity index (χ1n) is 5.10. The number of nitrogens with zero attached hydrogens (tertiary/aromatic N) is 2. The zero-order valence-corrected chi connectivity index (χ0v) is 9.50. The molecule has 1 rings (SSSR count). The summed E-state index contributed by atoms with van der Waals surface area (Å²) in [5, 5.41) is 42.4. The number of urea groups is 1. The first-order valence-corrected chi connectivity index (χ1v) is 5.10. The number of rotatable bonds is 3. The van der Waals surface area contributed by atoms with Crippen LogP contribution >= 0.6 is 0 Å². The second-order valence-corrected chi connectivity index (χ2v) is 3.81. The van der Waals surface area contributed by atoms with Crippen LogP contribution in [0.2, 0.25) is 0 Å². The third-order valence-electron chi connectivity index (χ3n) is 2.61. The van der Waals surface area contributed by atoms with E-state index in [1.54, 1.807) is 0 Å². The van der Waals surface area contributed by atoms with E-state index in [1.807, 2.05) is 0 Å². The van der Waals surface area contributed by atoms with E-state index in [0.29, 0.717) is 5.01 Å². The number of nitrogens with one attached hydrogen (secondary N) is 1. The highest BCUT2D eigenvalue weighted by Crippen LogP contribution is 2.19. The van der Waals surface area contributed by atoms with E-state index >= 15 is 0 Å². The van der Waals surface area contributed by atoms with E-state index in [2.05, 4.69) is 10.6 Å². The smallest absolute Gasteiger partial charge is 0.340 e. The number of amides is 2. The van der Waals surface area contributed by atoms with Crippen LogP contribution in [0, 0.1) is 4.91 Å². The molecule has 1 aliphatic heterocycles. The fraction of sp³-hybridized carbons (Fsp3) is 0.875. The highest BCUT2D eigenvalue weighted by atomic mass is 16.6. The van der Waals surface area contributed by atoms with Crippen molar-refractivity contribution in [3.8, 4) is 0 Å². The summed E-state index contributed by atoms with van der Waals surface area (Å²) in [5.41, 5.74) is 0. The zero-order valence-electron chi connectivity index (χ0n) is 9.50. The maximum absolute atomic E-state index is 11.3. The third kappa shape index (κ3) is 2.91. The summed E-state index contributed by atoms with van der Waals surface area (Å²) in [4.78, 5) is 21.4. The Kier molecular flexibility index (Phi) is 4.93. The maximum atomic E-state index is 11.3. The van der Waals surface area contributed by atoms with Crippen molar-refractivity contribution in [3.63, 3.8) is 0 Å². The van der Waals surface area contributed by atoms with Crippen LogP contribution < -0.4 is 5.32 Å². The van der Waals surface area contributed by atoms with Gasteiger partial charge < -0.3 is 30.5 Å². The second-order valence-electron chi connectivity index (χ2n) is 3.81. The molecular formula is C8H15N3O7. The first kappa shape index (κ1) is 14.7. The standard InChI is InChI=1S/C8H15N3O7/c1-11(10-17)8(16)9-4-6(14)5(13)3(2-12)18-7(4)15/h3-7,12-15H,2H2,1H3,(H,9,16). The Morgan fingerprint density at radius 1 is 1.39 bits per heavy atom. The lowest BCUT2D eigenvalue weighted by molar-refractivity contribution is -0.252. The van der Waals surface area contributed by atoms with Gasteiger partial charge in [0.2, 0.25) is 0 Å². The molecule has 5 atom stereocenters. The summed E-state index contributed by atoms with van der Waals surface area (Å²) in [5.74, 6) is 0. The van der Waals surface area contributed by atoms with Gasteiger partial charge >= 0.3 is 6.03 Å². The van der Waals surface area contributed by atoms with Crippen LogP contribution in [0.5, 0.6) is 0 Å². The Morgan fingerprint density at radius 2 is 2.00 bits per heavy atom. The number of ether oxygens (including phenoxy) is 1. The molecule has 0 aromatic heterocycles. The molecule has 1 saturated heterocycles. The normalized spacial score (nSPS) is 35.9. The van der Waals surface area contributed by atoms with Gasteiger partial charge in [-0.2, -0.15) is 5.01 Å². The van der Waals surface area contributed by atoms with Gasteiger partial charge in [0.1, 0.15) is 24.4 Å². The van der Waals surface area contributed by atoms with Crippen LogP contribution in [0.1, 0.15) is 0 Å². The van der Waals surface area contributed by atoms with Crippen LogP contribution in [-0.2, 0) is 4.74 Å². The SMILES string of the molecule is CN(N=O)C(=O)NC1C(O)OC(CO)C(O)C1O. The van der Waals surface area contributed by atoms with Gasteiger partial charge in [0.25, 0.3) is 0 Å². The summed E-state index contributed by atoms with van der Waals surface area (Å²) in [6, 6.07) is -2.33. The molecule has 10 heteroatoms. The van der Waals surface area contributed by atoms with Gasteiger partial charge in [-0.1, -0.05) is 0 Å². The Balaban J connectivity index is 2.71. The maximum Gasteiger partial charge on any atom is 0.340 e. The van der Waals surface area contributed by atoms with Crippen molar-refractivity contribution in [1.29, 1.82) is 0 Å². The molecule has 2 amide bonds. The minimum Gasteiger partial charge on any atom is -0.394 e. The molecule has 0 aliphatic carbocycles. The number of carbonyl (C=O) groups excluding carboxylic acids is 1. The van der Waals surface area contributed by atoms with Gasteiger partial charge in [0.15, 0.2) is 6.29 Å². The average molecular weight is 265 g/mol. The molecule has 0 spiro atoms. The quantitative estimate of drug-likeness (QED) is 0.271. The molecular weight excluding hydrogens is 250 g/mol. The van der Waals surface area contributed by atoms with Crippen LogP contribution in [0.25, 0.3) is 0 Å². The van der Waals surface area contributed by atoms with Crippen LogP contribution in [0.3, 0.4) is 0 Å². The Labute approximate surface area is 102 Å². The van der Waals surface area contributed by atoms with Gasteiger partial charge in [-0.15, -0.1) is 4.91 Å². The Morgan fingerprint density at radius 3 is 2.50 bits per heavy atom. The van der Waals surface area contributed by atoms with Crippen molar-refractivity contribution in [2.24, 2.45) is 5.29 Å². The first-order chi connectivity index (χ1) is 8.42. The fourth-order valence-electron chi connectivity index (χ4n) is 1.53. The number of carbonyl (C=O) groups is 1. The summed E-state index contributed by atoms with van der Waals surface area (Å²) < 4.78 is 4.80. The van der Waals surface area contributed by atoms with E-state index in [1.165, 1.54) is 0 Å². The van der Waals surface area contributed by atoms with Crippen molar-refractivity contribution in [2.45, 2.75) is 30.6 Å². The lowest BCUT2D eigenvalue weighted by Crippen LogP contribution is -2.64.